The Balaban J connectivity index is 1.75. The Bertz CT molecular complexity index is 311. The molecule has 1 heterocycles. The highest BCUT2D eigenvalue weighted by Crippen LogP contribution is 2.23. The maximum atomic E-state index is 12.1. The molecule has 0 spiro atoms. The zero-order chi connectivity index (χ0) is 13.7. The van der Waals surface area contributed by atoms with Gasteiger partial charge in [-0.3, -0.25) is 9.69 Å². The van der Waals surface area contributed by atoms with E-state index in [0.29, 0.717) is 12.6 Å². The molecule has 19 heavy (non-hydrogen) atoms. The summed E-state index contributed by atoms with van der Waals surface area (Å²) in [6, 6.07) is 0.300. The maximum absolute atomic E-state index is 12.1. The van der Waals surface area contributed by atoms with Crippen molar-refractivity contribution in [3.8, 4) is 0 Å². The summed E-state index contributed by atoms with van der Waals surface area (Å²) in [7, 11) is 0. The summed E-state index contributed by atoms with van der Waals surface area (Å²) in [5.74, 6) is 0.892. The van der Waals surface area contributed by atoms with Crippen molar-refractivity contribution in [3.63, 3.8) is 0 Å². The molecule has 1 saturated carbocycles. The lowest BCUT2D eigenvalue weighted by Crippen LogP contribution is -2.48. The van der Waals surface area contributed by atoms with Crippen LogP contribution in [0.5, 0.6) is 0 Å². The lowest BCUT2D eigenvalue weighted by molar-refractivity contribution is -0.125. The molecule has 2 aliphatic rings. The lowest BCUT2D eigenvalue weighted by Gasteiger charge is -2.33. The topological polar surface area (TPSA) is 49.4 Å². The van der Waals surface area contributed by atoms with E-state index in [9.17, 15) is 9.59 Å². The second-order valence-electron chi connectivity index (χ2n) is 6.19. The minimum atomic E-state index is -0.0501. The molecule has 4 heteroatoms. The van der Waals surface area contributed by atoms with Crippen LogP contribution in [0.4, 0.5) is 0 Å². The van der Waals surface area contributed by atoms with Gasteiger partial charge in [-0.2, -0.15) is 0 Å². The first-order valence-electron chi connectivity index (χ1n) is 7.67. The van der Waals surface area contributed by atoms with Gasteiger partial charge in [0.05, 0.1) is 12.6 Å². The Hall–Kier alpha value is -0.900. The number of hydrogen-bond donors (Lipinski definition) is 1. The van der Waals surface area contributed by atoms with Crippen LogP contribution >= 0.6 is 0 Å². The first kappa shape index (κ1) is 14.5. The average Bonchev–Trinajstić information content (AvgIpc) is 2.42. The van der Waals surface area contributed by atoms with Gasteiger partial charge in [-0.15, -0.1) is 0 Å². The Morgan fingerprint density at radius 1 is 1.21 bits per heavy atom. The fraction of sp³-hybridized carbons (Fsp3) is 0.867. The smallest absolute Gasteiger partial charge is 0.234 e. The van der Waals surface area contributed by atoms with E-state index in [2.05, 4.69) is 12.2 Å². The number of rotatable bonds is 4. The van der Waals surface area contributed by atoms with Gasteiger partial charge >= 0.3 is 0 Å². The standard InChI is InChI=1S/C15H26N2O2/c1-12-5-7-13(8-6-12)16-15(19)10-17-9-3-2-4-14(17)11-18/h11-14H,2-10H2,1H3,(H,16,19). The Morgan fingerprint density at radius 3 is 2.63 bits per heavy atom. The fourth-order valence-corrected chi connectivity index (χ4v) is 3.23. The van der Waals surface area contributed by atoms with Gasteiger partial charge in [0.2, 0.25) is 5.91 Å². The van der Waals surface area contributed by atoms with Crippen LogP contribution in [0.3, 0.4) is 0 Å². The predicted octanol–water partition coefficient (Wildman–Crippen LogP) is 1.73. The van der Waals surface area contributed by atoms with Gasteiger partial charge in [0, 0.05) is 6.04 Å². The number of piperidine rings is 1. The summed E-state index contributed by atoms with van der Waals surface area (Å²) in [5, 5.41) is 3.13. The van der Waals surface area contributed by atoms with Gasteiger partial charge in [-0.1, -0.05) is 13.3 Å². The fourth-order valence-electron chi connectivity index (χ4n) is 3.23. The molecule has 0 radical (unpaired) electrons. The van der Waals surface area contributed by atoms with Gasteiger partial charge in [-0.25, -0.2) is 0 Å². The molecule has 0 aromatic rings. The monoisotopic (exact) mass is 266 g/mol. The van der Waals surface area contributed by atoms with Crippen LogP contribution in [0, 0.1) is 5.92 Å². The highest BCUT2D eigenvalue weighted by Gasteiger charge is 2.25. The van der Waals surface area contributed by atoms with Crippen LogP contribution in [0.2, 0.25) is 0 Å². The van der Waals surface area contributed by atoms with E-state index >= 15 is 0 Å². The zero-order valence-corrected chi connectivity index (χ0v) is 11.9. The third kappa shape index (κ3) is 4.30. The average molecular weight is 266 g/mol. The second kappa shape index (κ2) is 7.04. The normalized spacial score (nSPS) is 32.8. The van der Waals surface area contributed by atoms with Gasteiger partial charge < -0.3 is 10.1 Å². The van der Waals surface area contributed by atoms with Crippen molar-refractivity contribution in [1.82, 2.24) is 10.2 Å². The molecular formula is C15H26N2O2. The van der Waals surface area contributed by atoms with Gasteiger partial charge in [0.1, 0.15) is 6.29 Å². The van der Waals surface area contributed by atoms with E-state index in [-0.39, 0.29) is 11.9 Å². The summed E-state index contributed by atoms with van der Waals surface area (Å²) in [6.45, 7) is 3.54. The molecule has 1 saturated heterocycles. The number of nitrogens with zero attached hydrogens (tertiary/aromatic N) is 1. The molecule has 0 aromatic heterocycles. The van der Waals surface area contributed by atoms with Crippen molar-refractivity contribution in [2.24, 2.45) is 5.92 Å². The molecule has 1 aliphatic carbocycles. The number of aldehydes is 1. The molecular weight excluding hydrogens is 240 g/mol. The molecule has 1 aliphatic heterocycles. The molecule has 1 atom stereocenters. The van der Waals surface area contributed by atoms with E-state index in [1.54, 1.807) is 0 Å². The van der Waals surface area contributed by atoms with Crippen molar-refractivity contribution in [1.29, 1.82) is 0 Å². The number of nitrogens with one attached hydrogen (secondary N) is 1. The van der Waals surface area contributed by atoms with E-state index in [0.717, 1.165) is 50.9 Å². The molecule has 2 fully saturated rings. The number of amides is 1. The lowest BCUT2D eigenvalue weighted by atomic mass is 9.87. The molecule has 1 N–H and O–H groups in total. The summed E-state index contributed by atoms with van der Waals surface area (Å²) >= 11 is 0. The summed E-state index contributed by atoms with van der Waals surface area (Å²) in [4.78, 5) is 25.1. The first-order valence-corrected chi connectivity index (χ1v) is 7.67. The molecule has 108 valence electrons. The van der Waals surface area contributed by atoms with Crippen LogP contribution < -0.4 is 5.32 Å². The number of carbonyl (C=O) groups is 2. The van der Waals surface area contributed by atoms with Crippen molar-refractivity contribution in [3.05, 3.63) is 0 Å². The first-order chi connectivity index (χ1) is 9.19. The van der Waals surface area contributed by atoms with E-state index in [1.165, 1.54) is 12.8 Å². The van der Waals surface area contributed by atoms with Crippen LogP contribution in [-0.4, -0.2) is 42.3 Å². The molecule has 4 nitrogen and oxygen atoms in total. The molecule has 0 aromatic carbocycles. The Kier molecular flexibility index (Phi) is 5.37. The summed E-state index contributed by atoms with van der Waals surface area (Å²) in [6.07, 6.45) is 8.72. The van der Waals surface area contributed by atoms with Crippen LogP contribution in [0.15, 0.2) is 0 Å². The van der Waals surface area contributed by atoms with Crippen LogP contribution in [-0.2, 0) is 9.59 Å². The highest BCUT2D eigenvalue weighted by atomic mass is 16.2. The number of carbonyl (C=O) groups excluding carboxylic acids is 2. The second-order valence-corrected chi connectivity index (χ2v) is 6.19. The molecule has 0 bridgehead atoms. The molecule has 2 rings (SSSR count). The van der Waals surface area contributed by atoms with E-state index < -0.39 is 0 Å². The van der Waals surface area contributed by atoms with Crippen molar-refractivity contribution >= 4 is 12.2 Å². The minimum absolute atomic E-state index is 0.0501. The van der Waals surface area contributed by atoms with Gasteiger partial charge in [0.15, 0.2) is 0 Å². The zero-order valence-electron chi connectivity index (χ0n) is 11.9. The third-order valence-corrected chi connectivity index (χ3v) is 4.55. The van der Waals surface area contributed by atoms with Crippen LogP contribution in [0.25, 0.3) is 0 Å². The summed E-state index contributed by atoms with van der Waals surface area (Å²) in [5.41, 5.74) is 0. The number of hydrogen-bond acceptors (Lipinski definition) is 3. The SMILES string of the molecule is CC1CCC(NC(=O)CN2CCCCC2C=O)CC1. The van der Waals surface area contributed by atoms with E-state index in [1.807, 2.05) is 4.90 Å². The largest absolute Gasteiger partial charge is 0.352 e. The van der Waals surface area contributed by atoms with E-state index in [4.69, 9.17) is 0 Å². The highest BCUT2D eigenvalue weighted by molar-refractivity contribution is 5.79. The van der Waals surface area contributed by atoms with Gasteiger partial charge in [-0.05, 0) is 51.0 Å². The number of likely N-dealkylation sites (tertiary alicyclic amines) is 1. The third-order valence-electron chi connectivity index (χ3n) is 4.55. The maximum Gasteiger partial charge on any atom is 0.234 e. The quantitative estimate of drug-likeness (QED) is 0.788. The van der Waals surface area contributed by atoms with Crippen molar-refractivity contribution in [2.75, 3.05) is 13.1 Å². The van der Waals surface area contributed by atoms with Crippen molar-refractivity contribution in [2.45, 2.75) is 64.0 Å². The minimum Gasteiger partial charge on any atom is -0.352 e. The Labute approximate surface area is 115 Å². The molecule has 1 unspecified atom stereocenters. The Morgan fingerprint density at radius 2 is 1.95 bits per heavy atom. The molecule has 1 amide bonds. The van der Waals surface area contributed by atoms with Crippen molar-refractivity contribution < 1.29 is 9.59 Å². The predicted molar refractivity (Wildman–Crippen MR) is 74.8 cm³/mol. The van der Waals surface area contributed by atoms with Gasteiger partial charge in [0.25, 0.3) is 0 Å². The summed E-state index contributed by atoms with van der Waals surface area (Å²) < 4.78 is 0. The van der Waals surface area contributed by atoms with Crippen LogP contribution in [0.1, 0.15) is 51.9 Å².